The summed E-state index contributed by atoms with van der Waals surface area (Å²) >= 11 is 7.14. The zero-order valence-corrected chi connectivity index (χ0v) is 13.1. The van der Waals surface area contributed by atoms with E-state index in [1.165, 1.54) is 23.5 Å². The van der Waals surface area contributed by atoms with Crippen LogP contribution in [0, 0.1) is 17.0 Å². The van der Waals surface area contributed by atoms with Gasteiger partial charge in [-0.25, -0.2) is 18.1 Å². The third kappa shape index (κ3) is 3.56. The number of sulfonamides is 1. The van der Waals surface area contributed by atoms with Gasteiger partial charge in [0.25, 0.3) is 5.69 Å². The van der Waals surface area contributed by atoms with Crippen LogP contribution >= 0.6 is 22.9 Å². The van der Waals surface area contributed by atoms with Gasteiger partial charge in [0.1, 0.15) is 0 Å². The van der Waals surface area contributed by atoms with E-state index in [9.17, 15) is 18.5 Å². The van der Waals surface area contributed by atoms with E-state index in [0.717, 1.165) is 11.1 Å². The molecule has 1 aromatic heterocycles. The van der Waals surface area contributed by atoms with Gasteiger partial charge < -0.3 is 0 Å². The lowest BCUT2D eigenvalue weighted by Gasteiger charge is -2.07. The third-order valence-corrected chi connectivity index (χ3v) is 5.35. The monoisotopic (exact) mass is 347 g/mol. The normalized spacial score (nSPS) is 11.5. The topological polar surface area (TPSA) is 102 Å². The van der Waals surface area contributed by atoms with Gasteiger partial charge >= 0.3 is 0 Å². The summed E-state index contributed by atoms with van der Waals surface area (Å²) in [4.78, 5) is 14.3. The zero-order chi connectivity index (χ0) is 15.6. The summed E-state index contributed by atoms with van der Waals surface area (Å²) in [5.41, 5.74) is -0.560. The van der Waals surface area contributed by atoms with Crippen molar-refractivity contribution in [2.75, 3.05) is 0 Å². The van der Waals surface area contributed by atoms with Crippen LogP contribution in [0.15, 0.2) is 29.3 Å². The summed E-state index contributed by atoms with van der Waals surface area (Å²) < 4.78 is 26.8. The predicted octanol–water partition coefficient (Wildman–Crippen LogP) is 2.49. The van der Waals surface area contributed by atoms with Crippen LogP contribution in [0.3, 0.4) is 0 Å². The van der Waals surface area contributed by atoms with E-state index in [0.29, 0.717) is 4.88 Å². The Morgan fingerprint density at radius 2 is 2.19 bits per heavy atom. The van der Waals surface area contributed by atoms with Crippen LogP contribution in [0.4, 0.5) is 5.69 Å². The first kappa shape index (κ1) is 15.8. The van der Waals surface area contributed by atoms with Crippen molar-refractivity contribution in [3.63, 3.8) is 0 Å². The Hall–Kier alpha value is -1.55. The second-order valence-electron chi connectivity index (χ2n) is 4.02. The fraction of sp³-hybridized carbons (Fsp3) is 0.182. The number of rotatable bonds is 5. The smallest absolute Gasteiger partial charge is 0.258 e. The molecule has 0 saturated carbocycles. The Morgan fingerprint density at radius 1 is 1.48 bits per heavy atom. The maximum Gasteiger partial charge on any atom is 0.290 e. The van der Waals surface area contributed by atoms with Gasteiger partial charge in [0.15, 0.2) is 4.90 Å². The molecule has 1 aromatic carbocycles. The largest absolute Gasteiger partial charge is 0.290 e. The highest BCUT2D eigenvalue weighted by molar-refractivity contribution is 7.89. The highest BCUT2D eigenvalue weighted by atomic mass is 35.5. The first-order valence-corrected chi connectivity index (χ1v) is 8.33. The number of hydrogen-bond acceptors (Lipinski definition) is 6. The molecular weight excluding hydrogens is 338 g/mol. The minimum absolute atomic E-state index is 0.00375. The van der Waals surface area contributed by atoms with Crippen molar-refractivity contribution in [1.82, 2.24) is 9.71 Å². The Bertz CT molecular complexity index is 789. The Kier molecular flexibility index (Phi) is 4.57. The zero-order valence-electron chi connectivity index (χ0n) is 10.7. The van der Waals surface area contributed by atoms with Gasteiger partial charge in [-0.05, 0) is 13.0 Å². The molecule has 0 spiro atoms. The molecule has 0 aliphatic heterocycles. The number of aryl methyl sites for hydroxylation is 1. The van der Waals surface area contributed by atoms with Gasteiger partial charge in [0, 0.05) is 23.7 Å². The molecule has 0 bridgehead atoms. The van der Waals surface area contributed by atoms with Crippen LogP contribution < -0.4 is 4.72 Å². The molecule has 0 unspecified atom stereocenters. The fourth-order valence-corrected chi connectivity index (χ4v) is 4.17. The molecule has 21 heavy (non-hydrogen) atoms. The highest BCUT2D eigenvalue weighted by Crippen LogP contribution is 2.30. The molecule has 1 N–H and O–H groups in total. The first-order chi connectivity index (χ1) is 9.81. The molecule has 0 atom stereocenters. The Balaban J connectivity index is 2.33. The van der Waals surface area contributed by atoms with Crippen molar-refractivity contribution in [3.05, 3.63) is 49.4 Å². The number of thiazole rings is 1. The van der Waals surface area contributed by atoms with E-state index in [-0.39, 0.29) is 11.6 Å². The van der Waals surface area contributed by atoms with Gasteiger partial charge in [0.2, 0.25) is 10.0 Å². The van der Waals surface area contributed by atoms with Crippen molar-refractivity contribution < 1.29 is 13.3 Å². The van der Waals surface area contributed by atoms with Gasteiger partial charge in [0.05, 0.1) is 15.0 Å². The number of nitrogens with one attached hydrogen (secondary N) is 1. The number of nitro groups is 1. The number of nitro benzene ring substituents is 1. The predicted molar refractivity (Wildman–Crippen MR) is 79.0 cm³/mol. The van der Waals surface area contributed by atoms with E-state index in [4.69, 9.17) is 11.6 Å². The summed E-state index contributed by atoms with van der Waals surface area (Å²) in [6.07, 6.45) is 1.55. The lowest BCUT2D eigenvalue weighted by atomic mass is 10.3. The van der Waals surface area contributed by atoms with E-state index >= 15 is 0 Å². The highest BCUT2D eigenvalue weighted by Gasteiger charge is 2.28. The minimum atomic E-state index is -4.10. The Labute approximate surface area is 129 Å². The maximum absolute atomic E-state index is 12.2. The SMILES string of the molecule is Cc1ncc(CNS(=O)(=O)c2c(Cl)cccc2[N+](=O)[O-])s1. The lowest BCUT2D eigenvalue weighted by Crippen LogP contribution is -2.24. The van der Waals surface area contributed by atoms with E-state index < -0.39 is 25.5 Å². The van der Waals surface area contributed by atoms with Crippen LogP contribution in [0.1, 0.15) is 9.88 Å². The number of hydrogen-bond donors (Lipinski definition) is 1. The van der Waals surface area contributed by atoms with Crippen LogP contribution in [-0.4, -0.2) is 18.3 Å². The van der Waals surface area contributed by atoms with Gasteiger partial charge in [-0.1, -0.05) is 17.7 Å². The minimum Gasteiger partial charge on any atom is -0.258 e. The van der Waals surface area contributed by atoms with Crippen LogP contribution in [0.2, 0.25) is 5.02 Å². The second-order valence-corrected chi connectivity index (χ2v) is 7.45. The summed E-state index contributed by atoms with van der Waals surface area (Å²) in [5.74, 6) is 0. The quantitative estimate of drug-likeness (QED) is 0.661. The molecular formula is C11H10ClN3O4S2. The van der Waals surface area contributed by atoms with Gasteiger partial charge in [-0.2, -0.15) is 0 Å². The molecule has 1 heterocycles. The van der Waals surface area contributed by atoms with Gasteiger partial charge in [-0.15, -0.1) is 11.3 Å². The van der Waals surface area contributed by atoms with E-state index in [1.54, 1.807) is 13.1 Å². The molecule has 0 amide bonds. The fourth-order valence-electron chi connectivity index (χ4n) is 1.63. The molecule has 0 fully saturated rings. The van der Waals surface area contributed by atoms with Gasteiger partial charge in [-0.3, -0.25) is 10.1 Å². The van der Waals surface area contributed by atoms with Crippen molar-refractivity contribution >= 4 is 38.6 Å². The van der Waals surface area contributed by atoms with Crippen molar-refractivity contribution in [2.45, 2.75) is 18.4 Å². The maximum atomic E-state index is 12.2. The van der Waals surface area contributed by atoms with Crippen molar-refractivity contribution in [3.8, 4) is 0 Å². The van der Waals surface area contributed by atoms with Crippen LogP contribution in [0.25, 0.3) is 0 Å². The average Bonchev–Trinajstić information content (AvgIpc) is 2.82. The van der Waals surface area contributed by atoms with E-state index in [1.807, 2.05) is 0 Å². The van der Waals surface area contributed by atoms with E-state index in [2.05, 4.69) is 9.71 Å². The summed E-state index contributed by atoms with van der Waals surface area (Å²) in [6, 6.07) is 3.71. The number of benzene rings is 1. The number of halogens is 1. The standard InChI is InChI=1S/C11H10ClN3O4S2/c1-7-13-5-8(20-7)6-14-21(18,19)11-9(12)3-2-4-10(11)15(16)17/h2-5,14H,6H2,1H3. The summed E-state index contributed by atoms with van der Waals surface area (Å²) in [7, 11) is -4.10. The molecule has 0 radical (unpaired) electrons. The van der Waals surface area contributed by atoms with Crippen molar-refractivity contribution in [2.24, 2.45) is 0 Å². The molecule has 10 heteroatoms. The first-order valence-electron chi connectivity index (χ1n) is 5.65. The number of aromatic nitrogens is 1. The molecule has 112 valence electrons. The molecule has 7 nitrogen and oxygen atoms in total. The summed E-state index contributed by atoms with van der Waals surface area (Å²) in [6.45, 7) is 1.79. The van der Waals surface area contributed by atoms with Crippen LogP contribution in [-0.2, 0) is 16.6 Å². The second kappa shape index (κ2) is 6.06. The molecule has 0 aliphatic carbocycles. The third-order valence-electron chi connectivity index (χ3n) is 2.52. The van der Waals surface area contributed by atoms with Crippen molar-refractivity contribution in [1.29, 1.82) is 0 Å². The average molecular weight is 348 g/mol. The molecule has 0 aliphatic rings. The molecule has 0 saturated heterocycles. The summed E-state index contributed by atoms with van der Waals surface area (Å²) in [5, 5.41) is 11.5. The molecule has 2 rings (SSSR count). The Morgan fingerprint density at radius 3 is 2.76 bits per heavy atom. The van der Waals surface area contributed by atoms with Crippen LogP contribution in [0.5, 0.6) is 0 Å². The lowest BCUT2D eigenvalue weighted by molar-refractivity contribution is -0.387. The number of nitrogens with zero attached hydrogens (tertiary/aromatic N) is 2. The molecule has 2 aromatic rings.